The lowest BCUT2D eigenvalue weighted by Gasteiger charge is -2.08. The van der Waals surface area contributed by atoms with Crippen LogP contribution in [0.3, 0.4) is 0 Å². The minimum atomic E-state index is -3.21. The first-order valence-corrected chi connectivity index (χ1v) is 5.64. The average molecular weight is 188 g/mol. The summed E-state index contributed by atoms with van der Waals surface area (Å²) in [6.45, 7) is 1.56. The zero-order valence-electron chi connectivity index (χ0n) is 6.95. The fourth-order valence-electron chi connectivity index (χ4n) is 0.934. The van der Waals surface area contributed by atoms with E-state index in [4.69, 9.17) is 5.26 Å². The molecule has 0 bridgehead atoms. The Bertz CT molecular complexity index is 287. The van der Waals surface area contributed by atoms with Gasteiger partial charge in [0, 0.05) is 0 Å². The van der Waals surface area contributed by atoms with Crippen LogP contribution in [0.1, 0.15) is 19.8 Å². The normalized spacial score (nSPS) is 20.0. The van der Waals surface area contributed by atoms with E-state index >= 15 is 0 Å². The number of rotatable bonds is 4. The Morgan fingerprint density at radius 2 is 2.25 bits per heavy atom. The Morgan fingerprint density at radius 1 is 1.67 bits per heavy atom. The summed E-state index contributed by atoms with van der Waals surface area (Å²) in [5.74, 6) is 0.286. The third-order valence-electron chi connectivity index (χ3n) is 1.92. The summed E-state index contributed by atoms with van der Waals surface area (Å²) in [7, 11) is -3.21. The molecule has 68 valence electrons. The summed E-state index contributed by atoms with van der Waals surface area (Å²) in [5.41, 5.74) is 0. The van der Waals surface area contributed by atoms with Gasteiger partial charge < -0.3 is 0 Å². The SMILES string of the molecule is CCS(=O)(=O)NC(C#N)C1CC1. The van der Waals surface area contributed by atoms with E-state index in [0.29, 0.717) is 0 Å². The zero-order valence-corrected chi connectivity index (χ0v) is 7.76. The molecule has 0 saturated heterocycles. The van der Waals surface area contributed by atoms with Crippen LogP contribution in [0.4, 0.5) is 0 Å². The molecule has 1 N–H and O–H groups in total. The molecular formula is C7H12N2O2S. The second kappa shape index (κ2) is 3.42. The molecule has 0 spiro atoms. The van der Waals surface area contributed by atoms with Crippen molar-refractivity contribution in [3.8, 4) is 6.07 Å². The topological polar surface area (TPSA) is 70.0 Å². The highest BCUT2D eigenvalue weighted by Gasteiger charge is 2.33. The number of hydrogen-bond acceptors (Lipinski definition) is 3. The van der Waals surface area contributed by atoms with E-state index in [1.807, 2.05) is 6.07 Å². The standard InChI is InChI=1S/C7H12N2O2S/c1-2-12(10,11)9-7(5-8)6-3-4-6/h6-7,9H,2-4H2,1H3. The molecule has 5 heteroatoms. The number of sulfonamides is 1. The van der Waals surface area contributed by atoms with Crippen molar-refractivity contribution in [3.63, 3.8) is 0 Å². The van der Waals surface area contributed by atoms with Crippen molar-refractivity contribution in [1.29, 1.82) is 5.26 Å². The van der Waals surface area contributed by atoms with E-state index in [9.17, 15) is 8.42 Å². The number of nitrogens with zero attached hydrogens (tertiary/aromatic N) is 1. The van der Waals surface area contributed by atoms with Crippen LogP contribution in [0.5, 0.6) is 0 Å². The fourth-order valence-corrected chi connectivity index (χ4v) is 1.73. The first-order valence-electron chi connectivity index (χ1n) is 3.98. The van der Waals surface area contributed by atoms with Crippen LogP contribution in [-0.2, 0) is 10.0 Å². The van der Waals surface area contributed by atoms with Gasteiger partial charge in [0.1, 0.15) is 6.04 Å². The van der Waals surface area contributed by atoms with Gasteiger partial charge in [-0.1, -0.05) is 0 Å². The van der Waals surface area contributed by atoms with Crippen molar-refractivity contribution in [2.24, 2.45) is 5.92 Å². The monoisotopic (exact) mass is 188 g/mol. The molecule has 4 nitrogen and oxygen atoms in total. The van der Waals surface area contributed by atoms with Crippen LogP contribution < -0.4 is 4.72 Å². The predicted molar refractivity (Wildman–Crippen MR) is 44.7 cm³/mol. The summed E-state index contributed by atoms with van der Waals surface area (Å²) in [5, 5.41) is 8.62. The quantitative estimate of drug-likeness (QED) is 0.686. The van der Waals surface area contributed by atoms with Gasteiger partial charge in [-0.25, -0.2) is 8.42 Å². The molecule has 0 radical (unpaired) electrons. The lowest BCUT2D eigenvalue weighted by atomic mass is 10.2. The molecule has 0 aromatic rings. The molecule has 1 saturated carbocycles. The first-order chi connectivity index (χ1) is 5.59. The summed E-state index contributed by atoms with van der Waals surface area (Å²) < 4.78 is 24.4. The molecule has 1 aliphatic carbocycles. The lowest BCUT2D eigenvalue weighted by molar-refractivity contribution is 0.561. The highest BCUT2D eigenvalue weighted by Crippen LogP contribution is 2.32. The Morgan fingerprint density at radius 3 is 2.58 bits per heavy atom. The Balaban J connectivity index is 2.54. The molecule has 0 aliphatic heterocycles. The van der Waals surface area contributed by atoms with Gasteiger partial charge in [0.15, 0.2) is 0 Å². The van der Waals surface area contributed by atoms with E-state index in [1.54, 1.807) is 6.92 Å². The molecule has 12 heavy (non-hydrogen) atoms. The molecule has 0 heterocycles. The predicted octanol–water partition coefficient (Wildman–Crippen LogP) is 0.228. The van der Waals surface area contributed by atoms with Gasteiger partial charge in [-0.05, 0) is 25.7 Å². The first kappa shape index (κ1) is 9.49. The van der Waals surface area contributed by atoms with Gasteiger partial charge >= 0.3 is 0 Å². The Kier molecular flexibility index (Phi) is 2.70. The Hall–Kier alpha value is -0.600. The largest absolute Gasteiger partial charge is 0.212 e. The van der Waals surface area contributed by atoms with Crippen LogP contribution in [0.25, 0.3) is 0 Å². The molecule has 1 atom stereocenters. The van der Waals surface area contributed by atoms with E-state index in [-0.39, 0.29) is 11.7 Å². The number of nitrogens with one attached hydrogen (secondary N) is 1. The van der Waals surface area contributed by atoms with Crippen LogP contribution in [0, 0.1) is 17.2 Å². The molecule has 0 aromatic heterocycles. The summed E-state index contributed by atoms with van der Waals surface area (Å²) in [6.07, 6.45) is 1.93. The summed E-state index contributed by atoms with van der Waals surface area (Å²) in [4.78, 5) is 0. The molecular weight excluding hydrogens is 176 g/mol. The van der Waals surface area contributed by atoms with Gasteiger partial charge in [0.05, 0.1) is 11.8 Å². The fraction of sp³-hybridized carbons (Fsp3) is 0.857. The third kappa shape index (κ3) is 2.47. The molecule has 1 rings (SSSR count). The second-order valence-corrected chi connectivity index (χ2v) is 5.01. The van der Waals surface area contributed by atoms with E-state index in [1.165, 1.54) is 0 Å². The van der Waals surface area contributed by atoms with Crippen molar-refractivity contribution in [2.75, 3.05) is 5.75 Å². The molecule has 1 fully saturated rings. The highest BCUT2D eigenvalue weighted by atomic mass is 32.2. The minimum absolute atomic E-state index is 0.0396. The van der Waals surface area contributed by atoms with Crippen molar-refractivity contribution >= 4 is 10.0 Å². The minimum Gasteiger partial charge on any atom is -0.212 e. The van der Waals surface area contributed by atoms with Gasteiger partial charge in [-0.2, -0.15) is 9.98 Å². The van der Waals surface area contributed by atoms with E-state index in [2.05, 4.69) is 4.72 Å². The van der Waals surface area contributed by atoms with Crippen LogP contribution in [0.2, 0.25) is 0 Å². The maximum Gasteiger partial charge on any atom is 0.212 e. The summed E-state index contributed by atoms with van der Waals surface area (Å²) in [6, 6.07) is 1.46. The maximum atomic E-state index is 11.0. The Labute approximate surface area is 72.6 Å². The van der Waals surface area contributed by atoms with Crippen molar-refractivity contribution in [1.82, 2.24) is 4.72 Å². The molecule has 0 amide bonds. The van der Waals surface area contributed by atoms with Crippen LogP contribution >= 0.6 is 0 Å². The average Bonchev–Trinajstić information content (AvgIpc) is 2.83. The highest BCUT2D eigenvalue weighted by molar-refractivity contribution is 7.89. The van der Waals surface area contributed by atoms with E-state index < -0.39 is 16.1 Å². The smallest absolute Gasteiger partial charge is 0.212 e. The molecule has 1 unspecified atom stereocenters. The van der Waals surface area contributed by atoms with Crippen molar-refractivity contribution < 1.29 is 8.42 Å². The lowest BCUT2D eigenvalue weighted by Crippen LogP contribution is -2.36. The second-order valence-electron chi connectivity index (χ2n) is 2.97. The maximum absolute atomic E-state index is 11.0. The van der Waals surface area contributed by atoms with Gasteiger partial charge in [-0.3, -0.25) is 0 Å². The van der Waals surface area contributed by atoms with Crippen LogP contribution in [-0.4, -0.2) is 20.2 Å². The van der Waals surface area contributed by atoms with Gasteiger partial charge in [0.25, 0.3) is 0 Å². The number of hydrogen-bond donors (Lipinski definition) is 1. The zero-order chi connectivity index (χ0) is 9.19. The van der Waals surface area contributed by atoms with Crippen molar-refractivity contribution in [2.45, 2.75) is 25.8 Å². The summed E-state index contributed by atoms with van der Waals surface area (Å²) >= 11 is 0. The van der Waals surface area contributed by atoms with Crippen LogP contribution in [0.15, 0.2) is 0 Å². The van der Waals surface area contributed by atoms with Gasteiger partial charge in [-0.15, -0.1) is 0 Å². The van der Waals surface area contributed by atoms with E-state index in [0.717, 1.165) is 12.8 Å². The number of nitriles is 1. The molecule has 0 aromatic carbocycles. The van der Waals surface area contributed by atoms with Crippen molar-refractivity contribution in [3.05, 3.63) is 0 Å². The van der Waals surface area contributed by atoms with Gasteiger partial charge in [0.2, 0.25) is 10.0 Å². The third-order valence-corrected chi connectivity index (χ3v) is 3.29. The molecule has 1 aliphatic rings.